The summed E-state index contributed by atoms with van der Waals surface area (Å²) in [6.07, 6.45) is 2.85. The van der Waals surface area contributed by atoms with Gasteiger partial charge in [-0.3, -0.25) is 14.9 Å². The number of carbonyl (C=O) groups is 1. The Morgan fingerprint density at radius 2 is 2.26 bits per heavy atom. The van der Waals surface area contributed by atoms with Gasteiger partial charge in [-0.25, -0.2) is 0 Å². The van der Waals surface area contributed by atoms with Gasteiger partial charge in [0.05, 0.1) is 11.0 Å². The highest BCUT2D eigenvalue weighted by Gasteiger charge is 2.21. The number of rotatable bonds is 3. The van der Waals surface area contributed by atoms with Crippen molar-refractivity contribution in [2.45, 2.75) is 25.3 Å². The Kier molecular flexibility index (Phi) is 3.96. The van der Waals surface area contributed by atoms with E-state index in [2.05, 4.69) is 10.6 Å². The molecule has 102 valence electrons. The summed E-state index contributed by atoms with van der Waals surface area (Å²) in [5, 5.41) is 16.6. The third-order valence-corrected chi connectivity index (χ3v) is 3.12. The Bertz CT molecular complexity index is 498. The van der Waals surface area contributed by atoms with Gasteiger partial charge in [0.25, 0.3) is 5.69 Å². The first-order valence-electron chi connectivity index (χ1n) is 6.16. The SMILES string of the molecule is Nc1ccc(NC(=O)[C@H]2CCCCN2)cc1[N+](=O)[O-]. The Morgan fingerprint density at radius 1 is 1.47 bits per heavy atom. The van der Waals surface area contributed by atoms with Gasteiger partial charge < -0.3 is 16.4 Å². The number of nitrogens with one attached hydrogen (secondary N) is 2. The van der Waals surface area contributed by atoms with E-state index in [0.29, 0.717) is 5.69 Å². The predicted octanol–water partition coefficient (Wildman–Crippen LogP) is 1.26. The Morgan fingerprint density at radius 3 is 2.89 bits per heavy atom. The minimum absolute atomic E-state index is 0.0822. The number of nitrogens with two attached hydrogens (primary N) is 1. The monoisotopic (exact) mass is 264 g/mol. The first-order chi connectivity index (χ1) is 9.08. The zero-order valence-electron chi connectivity index (χ0n) is 10.4. The summed E-state index contributed by atoms with van der Waals surface area (Å²) < 4.78 is 0. The molecule has 1 amide bonds. The number of anilines is 2. The maximum absolute atomic E-state index is 12.0. The molecule has 0 aromatic heterocycles. The second kappa shape index (κ2) is 5.66. The fourth-order valence-corrected chi connectivity index (χ4v) is 2.08. The minimum Gasteiger partial charge on any atom is -0.393 e. The number of carbonyl (C=O) groups excluding carboxylic acids is 1. The van der Waals surface area contributed by atoms with Gasteiger partial charge >= 0.3 is 0 Å². The molecule has 0 radical (unpaired) electrons. The summed E-state index contributed by atoms with van der Waals surface area (Å²) in [4.78, 5) is 22.2. The van der Waals surface area contributed by atoms with Crippen LogP contribution in [0.3, 0.4) is 0 Å². The molecule has 4 N–H and O–H groups in total. The average molecular weight is 264 g/mol. The second-order valence-electron chi connectivity index (χ2n) is 4.52. The molecule has 0 unspecified atom stereocenters. The van der Waals surface area contributed by atoms with Crippen molar-refractivity contribution in [1.29, 1.82) is 0 Å². The summed E-state index contributed by atoms with van der Waals surface area (Å²) in [6.45, 7) is 0.819. The highest BCUT2D eigenvalue weighted by Crippen LogP contribution is 2.25. The number of amides is 1. The van der Waals surface area contributed by atoms with Crippen molar-refractivity contribution >= 4 is 23.0 Å². The van der Waals surface area contributed by atoms with Crippen LogP contribution in [0.5, 0.6) is 0 Å². The van der Waals surface area contributed by atoms with Gasteiger partial charge in [0.1, 0.15) is 5.69 Å². The Hall–Kier alpha value is -2.15. The zero-order chi connectivity index (χ0) is 13.8. The fraction of sp³-hybridized carbons (Fsp3) is 0.417. The predicted molar refractivity (Wildman–Crippen MR) is 71.8 cm³/mol. The molecule has 0 aliphatic carbocycles. The zero-order valence-corrected chi connectivity index (χ0v) is 10.4. The molecule has 1 fully saturated rings. The molecule has 19 heavy (non-hydrogen) atoms. The van der Waals surface area contributed by atoms with Crippen molar-refractivity contribution in [3.8, 4) is 0 Å². The molecule has 7 heteroatoms. The summed E-state index contributed by atoms with van der Waals surface area (Å²) in [5.41, 5.74) is 5.77. The van der Waals surface area contributed by atoms with E-state index in [1.54, 1.807) is 6.07 Å². The average Bonchev–Trinajstić information content (AvgIpc) is 2.41. The molecular weight excluding hydrogens is 248 g/mol. The molecule has 0 spiro atoms. The van der Waals surface area contributed by atoms with E-state index in [0.717, 1.165) is 25.8 Å². The van der Waals surface area contributed by atoms with Crippen molar-refractivity contribution in [2.75, 3.05) is 17.6 Å². The number of benzene rings is 1. The van der Waals surface area contributed by atoms with Gasteiger partial charge in [0.2, 0.25) is 5.91 Å². The van der Waals surface area contributed by atoms with Gasteiger partial charge in [-0.1, -0.05) is 6.42 Å². The van der Waals surface area contributed by atoms with Crippen LogP contribution in [-0.2, 0) is 4.79 Å². The van der Waals surface area contributed by atoms with Gasteiger partial charge in [-0.15, -0.1) is 0 Å². The molecule has 1 aromatic carbocycles. The van der Waals surface area contributed by atoms with Crippen molar-refractivity contribution in [2.24, 2.45) is 0 Å². The number of piperidine rings is 1. The van der Waals surface area contributed by atoms with E-state index in [1.807, 2.05) is 0 Å². The topological polar surface area (TPSA) is 110 Å². The van der Waals surface area contributed by atoms with Crippen LogP contribution < -0.4 is 16.4 Å². The van der Waals surface area contributed by atoms with Crippen molar-refractivity contribution in [1.82, 2.24) is 5.32 Å². The van der Waals surface area contributed by atoms with Crippen LogP contribution in [-0.4, -0.2) is 23.4 Å². The molecule has 1 heterocycles. The van der Waals surface area contributed by atoms with E-state index in [4.69, 9.17) is 5.73 Å². The summed E-state index contributed by atoms with van der Waals surface area (Å²) in [5.74, 6) is -0.168. The largest absolute Gasteiger partial charge is 0.393 e. The van der Waals surface area contributed by atoms with E-state index >= 15 is 0 Å². The van der Waals surface area contributed by atoms with Crippen LogP contribution in [0.1, 0.15) is 19.3 Å². The molecule has 1 aliphatic rings. The Labute approximate surface area is 110 Å². The number of hydrogen-bond donors (Lipinski definition) is 3. The van der Waals surface area contributed by atoms with Crippen LogP contribution in [0, 0.1) is 10.1 Å². The quantitative estimate of drug-likeness (QED) is 0.432. The minimum atomic E-state index is -0.566. The molecule has 1 aliphatic heterocycles. The summed E-state index contributed by atoms with van der Waals surface area (Å²) in [7, 11) is 0. The highest BCUT2D eigenvalue weighted by atomic mass is 16.6. The first-order valence-corrected chi connectivity index (χ1v) is 6.16. The molecule has 1 atom stereocenters. The molecule has 0 saturated carbocycles. The van der Waals surface area contributed by atoms with Crippen molar-refractivity contribution in [3.05, 3.63) is 28.3 Å². The molecule has 2 rings (SSSR count). The van der Waals surface area contributed by atoms with E-state index in [-0.39, 0.29) is 23.3 Å². The van der Waals surface area contributed by atoms with Gasteiger partial charge in [0, 0.05) is 11.8 Å². The molecular formula is C12H16N4O3. The highest BCUT2D eigenvalue weighted by molar-refractivity contribution is 5.95. The molecule has 1 saturated heterocycles. The number of nitro groups is 1. The lowest BCUT2D eigenvalue weighted by molar-refractivity contribution is -0.383. The van der Waals surface area contributed by atoms with Crippen LogP contribution >= 0.6 is 0 Å². The summed E-state index contributed by atoms with van der Waals surface area (Å²) in [6, 6.07) is 4.02. The van der Waals surface area contributed by atoms with Gasteiger partial charge in [-0.05, 0) is 31.5 Å². The number of nitrogen functional groups attached to an aromatic ring is 1. The lowest BCUT2D eigenvalue weighted by Crippen LogP contribution is -2.43. The third kappa shape index (κ3) is 3.19. The number of nitrogens with zero attached hydrogens (tertiary/aromatic N) is 1. The first kappa shape index (κ1) is 13.3. The number of hydrogen-bond acceptors (Lipinski definition) is 5. The van der Waals surface area contributed by atoms with Crippen LogP contribution in [0.15, 0.2) is 18.2 Å². The van der Waals surface area contributed by atoms with Crippen molar-refractivity contribution < 1.29 is 9.72 Å². The van der Waals surface area contributed by atoms with Gasteiger partial charge in [-0.2, -0.15) is 0 Å². The molecule has 7 nitrogen and oxygen atoms in total. The van der Waals surface area contributed by atoms with Crippen LogP contribution in [0.4, 0.5) is 17.1 Å². The lowest BCUT2D eigenvalue weighted by atomic mass is 10.0. The standard InChI is InChI=1S/C12H16N4O3/c13-9-5-4-8(7-11(9)16(18)19)15-12(17)10-3-1-2-6-14-10/h4-5,7,10,14H,1-3,6,13H2,(H,15,17)/t10-/m1/s1. The summed E-state index contributed by atoms with van der Waals surface area (Å²) >= 11 is 0. The van der Waals surface area contributed by atoms with E-state index in [9.17, 15) is 14.9 Å². The van der Waals surface area contributed by atoms with E-state index in [1.165, 1.54) is 12.1 Å². The molecule has 1 aromatic rings. The van der Waals surface area contributed by atoms with Crippen LogP contribution in [0.25, 0.3) is 0 Å². The van der Waals surface area contributed by atoms with E-state index < -0.39 is 4.92 Å². The second-order valence-corrected chi connectivity index (χ2v) is 4.52. The molecule has 0 bridgehead atoms. The Balaban J connectivity index is 2.08. The lowest BCUT2D eigenvalue weighted by Gasteiger charge is -2.22. The smallest absolute Gasteiger partial charge is 0.294 e. The van der Waals surface area contributed by atoms with Gasteiger partial charge in [0.15, 0.2) is 0 Å². The van der Waals surface area contributed by atoms with Crippen molar-refractivity contribution in [3.63, 3.8) is 0 Å². The fourth-order valence-electron chi connectivity index (χ4n) is 2.08. The maximum atomic E-state index is 12.0. The van der Waals surface area contributed by atoms with Crippen LogP contribution in [0.2, 0.25) is 0 Å². The maximum Gasteiger partial charge on any atom is 0.294 e. The third-order valence-electron chi connectivity index (χ3n) is 3.12. The number of nitro benzene ring substituents is 1. The normalized spacial score (nSPS) is 18.8.